The van der Waals surface area contributed by atoms with Crippen molar-refractivity contribution >= 4 is 11.6 Å². The van der Waals surface area contributed by atoms with Crippen LogP contribution in [0.1, 0.15) is 34.2 Å². The van der Waals surface area contributed by atoms with Gasteiger partial charge < -0.3 is 5.11 Å². The predicted molar refractivity (Wildman–Crippen MR) is 90.0 cm³/mol. The standard InChI is InChI=1S/C19H23ClO/c1-14-11-15(2)18(16(3)12-14)13-19(21,9-10-20)17-7-5-4-6-8-17/h4-8,11-12,21H,9-10,13H2,1-3H3. The molecule has 0 aliphatic rings. The number of rotatable bonds is 5. The molecule has 0 saturated heterocycles. The lowest BCUT2D eigenvalue weighted by molar-refractivity contribution is 0.0333. The number of benzene rings is 2. The van der Waals surface area contributed by atoms with Crippen LogP contribution in [0.5, 0.6) is 0 Å². The van der Waals surface area contributed by atoms with E-state index in [1.165, 1.54) is 22.3 Å². The molecule has 0 radical (unpaired) electrons. The molecule has 0 bridgehead atoms. The molecule has 1 N–H and O–H groups in total. The average molecular weight is 303 g/mol. The molecule has 112 valence electrons. The molecule has 0 aromatic heterocycles. The van der Waals surface area contributed by atoms with Crippen LogP contribution in [-0.4, -0.2) is 11.0 Å². The Balaban J connectivity index is 2.42. The lowest BCUT2D eigenvalue weighted by Gasteiger charge is -2.30. The van der Waals surface area contributed by atoms with Crippen molar-refractivity contribution in [3.63, 3.8) is 0 Å². The maximum absolute atomic E-state index is 11.2. The number of hydrogen-bond donors (Lipinski definition) is 1. The summed E-state index contributed by atoms with van der Waals surface area (Å²) in [7, 11) is 0. The summed E-state index contributed by atoms with van der Waals surface area (Å²) in [5.41, 5.74) is 4.97. The first-order valence-corrected chi connectivity index (χ1v) is 7.90. The number of aliphatic hydroxyl groups is 1. The summed E-state index contributed by atoms with van der Waals surface area (Å²) >= 11 is 5.95. The highest BCUT2D eigenvalue weighted by Gasteiger charge is 2.30. The summed E-state index contributed by atoms with van der Waals surface area (Å²) in [6.07, 6.45) is 1.15. The van der Waals surface area contributed by atoms with Gasteiger partial charge in [-0.15, -0.1) is 11.6 Å². The molecule has 0 fully saturated rings. The molecule has 2 rings (SSSR count). The molecule has 1 unspecified atom stereocenters. The molecular weight excluding hydrogens is 280 g/mol. The van der Waals surface area contributed by atoms with Crippen molar-refractivity contribution in [2.45, 2.75) is 39.2 Å². The van der Waals surface area contributed by atoms with Crippen molar-refractivity contribution in [3.05, 3.63) is 70.3 Å². The second kappa shape index (κ2) is 6.64. The molecule has 1 nitrogen and oxygen atoms in total. The van der Waals surface area contributed by atoms with Gasteiger partial charge in [0.1, 0.15) is 0 Å². The Morgan fingerprint density at radius 2 is 1.57 bits per heavy atom. The zero-order valence-electron chi connectivity index (χ0n) is 13.0. The molecule has 0 spiro atoms. The van der Waals surface area contributed by atoms with E-state index in [1.807, 2.05) is 30.3 Å². The third kappa shape index (κ3) is 3.66. The van der Waals surface area contributed by atoms with Gasteiger partial charge in [0.05, 0.1) is 5.60 Å². The molecule has 0 heterocycles. The van der Waals surface area contributed by atoms with Crippen LogP contribution in [0.2, 0.25) is 0 Å². The van der Waals surface area contributed by atoms with Crippen molar-refractivity contribution in [1.82, 2.24) is 0 Å². The van der Waals surface area contributed by atoms with Crippen LogP contribution < -0.4 is 0 Å². The molecule has 2 heteroatoms. The fraction of sp³-hybridized carbons (Fsp3) is 0.368. The molecule has 0 aliphatic carbocycles. The topological polar surface area (TPSA) is 20.2 Å². The van der Waals surface area contributed by atoms with Crippen molar-refractivity contribution in [2.24, 2.45) is 0 Å². The van der Waals surface area contributed by atoms with Crippen LogP contribution in [0, 0.1) is 20.8 Å². The van der Waals surface area contributed by atoms with Gasteiger partial charge in [-0.2, -0.15) is 0 Å². The second-order valence-corrected chi connectivity index (χ2v) is 6.27. The molecule has 0 aliphatic heterocycles. The van der Waals surface area contributed by atoms with Gasteiger partial charge in [-0.25, -0.2) is 0 Å². The van der Waals surface area contributed by atoms with Crippen LogP contribution >= 0.6 is 11.6 Å². The third-order valence-corrected chi connectivity index (χ3v) is 4.32. The second-order valence-electron chi connectivity index (χ2n) is 5.89. The molecule has 21 heavy (non-hydrogen) atoms. The minimum absolute atomic E-state index is 0.440. The lowest BCUT2D eigenvalue weighted by Crippen LogP contribution is -2.30. The van der Waals surface area contributed by atoms with Gasteiger partial charge in [-0.1, -0.05) is 48.0 Å². The number of halogens is 1. The Hall–Kier alpha value is -1.31. The summed E-state index contributed by atoms with van der Waals surface area (Å²) in [5, 5.41) is 11.2. The smallest absolute Gasteiger partial charge is 0.0948 e. The van der Waals surface area contributed by atoms with Gasteiger partial charge >= 0.3 is 0 Å². The van der Waals surface area contributed by atoms with E-state index < -0.39 is 5.60 Å². The van der Waals surface area contributed by atoms with Gasteiger partial charge in [0.15, 0.2) is 0 Å². The monoisotopic (exact) mass is 302 g/mol. The Morgan fingerprint density at radius 3 is 2.10 bits per heavy atom. The van der Waals surface area contributed by atoms with Crippen LogP contribution in [0.25, 0.3) is 0 Å². The van der Waals surface area contributed by atoms with Crippen molar-refractivity contribution < 1.29 is 5.11 Å². The fourth-order valence-electron chi connectivity index (χ4n) is 3.02. The highest BCUT2D eigenvalue weighted by Crippen LogP contribution is 2.32. The summed E-state index contributed by atoms with van der Waals surface area (Å²) < 4.78 is 0. The number of aryl methyl sites for hydroxylation is 3. The first-order chi connectivity index (χ1) is 9.96. The van der Waals surface area contributed by atoms with E-state index in [4.69, 9.17) is 11.6 Å². The number of hydrogen-bond acceptors (Lipinski definition) is 1. The van der Waals surface area contributed by atoms with Crippen LogP contribution in [-0.2, 0) is 12.0 Å². The molecule has 0 amide bonds. The highest BCUT2D eigenvalue weighted by atomic mass is 35.5. The summed E-state index contributed by atoms with van der Waals surface area (Å²) in [5.74, 6) is 0.440. The maximum atomic E-state index is 11.2. The average Bonchev–Trinajstić information content (AvgIpc) is 2.44. The van der Waals surface area contributed by atoms with Crippen LogP contribution in [0.15, 0.2) is 42.5 Å². The Kier molecular flexibility index (Phi) is 5.08. The van der Waals surface area contributed by atoms with E-state index in [0.29, 0.717) is 18.7 Å². The van der Waals surface area contributed by atoms with E-state index in [9.17, 15) is 5.11 Å². The minimum atomic E-state index is -0.909. The summed E-state index contributed by atoms with van der Waals surface area (Å²) in [6, 6.07) is 14.2. The Morgan fingerprint density at radius 1 is 1.00 bits per heavy atom. The van der Waals surface area contributed by atoms with E-state index in [0.717, 1.165) is 5.56 Å². The Bertz CT molecular complexity index is 583. The van der Waals surface area contributed by atoms with Gasteiger partial charge in [0.2, 0.25) is 0 Å². The number of alkyl halides is 1. The quantitative estimate of drug-likeness (QED) is 0.796. The molecule has 0 saturated carbocycles. The maximum Gasteiger partial charge on any atom is 0.0948 e. The van der Waals surface area contributed by atoms with Crippen LogP contribution in [0.3, 0.4) is 0 Å². The minimum Gasteiger partial charge on any atom is -0.385 e. The van der Waals surface area contributed by atoms with Crippen molar-refractivity contribution in [3.8, 4) is 0 Å². The summed E-state index contributed by atoms with van der Waals surface area (Å²) in [6.45, 7) is 6.33. The highest BCUT2D eigenvalue weighted by molar-refractivity contribution is 6.17. The summed E-state index contributed by atoms with van der Waals surface area (Å²) in [4.78, 5) is 0. The van der Waals surface area contributed by atoms with Crippen molar-refractivity contribution in [2.75, 3.05) is 5.88 Å². The normalized spacial score (nSPS) is 14.0. The third-order valence-electron chi connectivity index (χ3n) is 4.13. The van der Waals surface area contributed by atoms with Gasteiger partial charge in [0.25, 0.3) is 0 Å². The molecule has 2 aromatic carbocycles. The van der Waals surface area contributed by atoms with E-state index in [-0.39, 0.29) is 0 Å². The lowest BCUT2D eigenvalue weighted by atomic mass is 9.82. The van der Waals surface area contributed by atoms with Crippen LogP contribution in [0.4, 0.5) is 0 Å². The molecule has 2 aromatic rings. The Labute approximate surface area is 132 Å². The van der Waals surface area contributed by atoms with Gasteiger partial charge in [0, 0.05) is 12.3 Å². The van der Waals surface area contributed by atoms with Crippen molar-refractivity contribution in [1.29, 1.82) is 0 Å². The van der Waals surface area contributed by atoms with Gasteiger partial charge in [-0.3, -0.25) is 0 Å². The first-order valence-electron chi connectivity index (χ1n) is 7.37. The van der Waals surface area contributed by atoms with Gasteiger partial charge in [-0.05, 0) is 49.4 Å². The first kappa shape index (κ1) is 16.1. The van der Waals surface area contributed by atoms with E-state index >= 15 is 0 Å². The van der Waals surface area contributed by atoms with E-state index in [2.05, 4.69) is 32.9 Å². The molecular formula is C19H23ClO. The zero-order chi connectivity index (χ0) is 15.5. The largest absolute Gasteiger partial charge is 0.385 e. The zero-order valence-corrected chi connectivity index (χ0v) is 13.7. The molecule has 1 atom stereocenters. The van der Waals surface area contributed by atoms with E-state index in [1.54, 1.807) is 0 Å². The SMILES string of the molecule is Cc1cc(C)c(CC(O)(CCCl)c2ccccc2)c(C)c1. The predicted octanol–water partition coefficient (Wildman–Crippen LogP) is 4.67. The fourth-order valence-corrected chi connectivity index (χ4v) is 3.33.